The van der Waals surface area contributed by atoms with E-state index in [0.717, 1.165) is 81.8 Å². The minimum Gasteiger partial charge on any atom is -0.486 e. The molecule has 0 aliphatic heterocycles. The average molecular weight is 896 g/mol. The molecule has 0 unspecified atom stereocenters. The molecule has 0 aliphatic carbocycles. The van der Waals surface area contributed by atoms with Crippen molar-refractivity contribution in [3.8, 4) is 34.0 Å². The van der Waals surface area contributed by atoms with Crippen LogP contribution in [0, 0.1) is 25.1 Å². The van der Waals surface area contributed by atoms with E-state index >= 15 is 0 Å². The van der Waals surface area contributed by atoms with E-state index in [1.54, 1.807) is 6.20 Å². The zero-order chi connectivity index (χ0) is 36.9. The first-order valence-electron chi connectivity index (χ1n) is 18.1. The van der Waals surface area contributed by atoms with Crippen molar-refractivity contribution >= 4 is 22.1 Å². The topological polar surface area (TPSA) is 74.6 Å². The molecular weight excluding hydrogens is 857 g/mol. The number of fused-ring (bicyclic) bond motifs is 3. The first-order chi connectivity index (χ1) is 26.5. The van der Waals surface area contributed by atoms with Gasteiger partial charge in [0.1, 0.15) is 0 Å². The Morgan fingerprint density at radius 3 is 2.04 bits per heavy atom. The number of pyridine rings is 2. The molecule has 0 fully saturated rings. The number of furan rings is 1. The molecule has 5 heterocycles. The van der Waals surface area contributed by atoms with Gasteiger partial charge in [-0.25, -0.2) is 4.98 Å². The van der Waals surface area contributed by atoms with Gasteiger partial charge in [0.2, 0.25) is 5.71 Å². The number of rotatable bonds is 9. The van der Waals surface area contributed by atoms with Gasteiger partial charge in [0, 0.05) is 56.2 Å². The average Bonchev–Trinajstić information content (AvgIpc) is 3.95. The SMILES string of the molecule is Cc1ccc2c(n1)oc1c(-c3nccn3C)[c-]ccc12.Cn1ccnc1-c1[c-]cc(CCc2cccc(CCc3ccc(-c4[c-]cccc4)nc3)c2)cc1.[Ir+3]. The molecule has 55 heavy (non-hydrogen) atoms. The molecule has 7 nitrogen and oxygen atoms in total. The molecule has 8 heteroatoms. The molecule has 0 N–H and O–H groups in total. The summed E-state index contributed by atoms with van der Waals surface area (Å²) in [5.74, 6) is 1.79. The Morgan fingerprint density at radius 2 is 1.36 bits per heavy atom. The summed E-state index contributed by atoms with van der Waals surface area (Å²) in [4.78, 5) is 17.9. The van der Waals surface area contributed by atoms with Crippen LogP contribution in [0.5, 0.6) is 0 Å². The Labute approximate surface area is 335 Å². The zero-order valence-corrected chi connectivity index (χ0v) is 33.4. The van der Waals surface area contributed by atoms with Gasteiger partial charge in [0.05, 0.1) is 17.2 Å². The van der Waals surface area contributed by atoms with Gasteiger partial charge in [-0.2, -0.15) is 0 Å². The van der Waals surface area contributed by atoms with E-state index in [2.05, 4.69) is 92.7 Å². The van der Waals surface area contributed by atoms with Crippen LogP contribution in [-0.2, 0) is 59.9 Å². The number of hydrogen-bond acceptors (Lipinski definition) is 5. The fraction of sp³-hybridized carbons (Fsp3) is 0.149. The molecule has 0 radical (unpaired) electrons. The predicted octanol–water partition coefficient (Wildman–Crippen LogP) is 9.81. The maximum atomic E-state index is 5.95. The van der Waals surface area contributed by atoms with Crippen LogP contribution in [0.15, 0.2) is 139 Å². The Kier molecular flexibility index (Phi) is 11.6. The van der Waals surface area contributed by atoms with Gasteiger partial charge in [-0.3, -0.25) is 9.97 Å². The van der Waals surface area contributed by atoms with E-state index in [4.69, 9.17) is 4.42 Å². The minimum atomic E-state index is 0. The maximum absolute atomic E-state index is 5.95. The van der Waals surface area contributed by atoms with Gasteiger partial charge in [-0.1, -0.05) is 53.8 Å². The van der Waals surface area contributed by atoms with Crippen molar-refractivity contribution in [1.82, 2.24) is 29.1 Å². The van der Waals surface area contributed by atoms with Crippen LogP contribution in [0.2, 0.25) is 0 Å². The van der Waals surface area contributed by atoms with Crippen LogP contribution in [0.25, 0.3) is 56.1 Å². The molecule has 0 aliphatic rings. The van der Waals surface area contributed by atoms with Gasteiger partial charge < -0.3 is 18.5 Å². The van der Waals surface area contributed by atoms with Crippen molar-refractivity contribution in [3.63, 3.8) is 0 Å². The van der Waals surface area contributed by atoms with Crippen LogP contribution < -0.4 is 0 Å². The Morgan fingerprint density at radius 1 is 0.618 bits per heavy atom. The van der Waals surface area contributed by atoms with Crippen molar-refractivity contribution < 1.29 is 24.5 Å². The number of nitrogens with zero attached hydrogens (tertiary/aromatic N) is 6. The fourth-order valence-electron chi connectivity index (χ4n) is 6.67. The Bertz CT molecular complexity index is 2640. The van der Waals surface area contributed by atoms with Crippen LogP contribution in [0.3, 0.4) is 0 Å². The number of benzene rings is 4. The predicted molar refractivity (Wildman–Crippen MR) is 215 cm³/mol. The van der Waals surface area contributed by atoms with Gasteiger partial charge in [0.15, 0.2) is 0 Å². The number of aromatic nitrogens is 6. The summed E-state index contributed by atoms with van der Waals surface area (Å²) >= 11 is 0. The summed E-state index contributed by atoms with van der Waals surface area (Å²) in [5, 5.41) is 2.07. The molecule has 4 aromatic carbocycles. The van der Waals surface area contributed by atoms with Crippen LogP contribution in [0.1, 0.15) is 27.9 Å². The van der Waals surface area contributed by atoms with Crippen molar-refractivity contribution in [2.45, 2.75) is 32.6 Å². The Hall–Kier alpha value is -5.95. The first kappa shape index (κ1) is 37.4. The van der Waals surface area contributed by atoms with E-state index in [1.807, 2.05) is 103 Å². The smallest absolute Gasteiger partial charge is 0.486 e. The molecule has 0 atom stereocenters. The van der Waals surface area contributed by atoms with Gasteiger partial charge >= 0.3 is 20.1 Å². The van der Waals surface area contributed by atoms with Gasteiger partial charge in [-0.15, -0.1) is 89.5 Å². The van der Waals surface area contributed by atoms with Crippen molar-refractivity contribution in [2.24, 2.45) is 14.1 Å². The normalized spacial score (nSPS) is 11.0. The van der Waals surface area contributed by atoms with Gasteiger partial charge in [-0.05, 0) is 60.7 Å². The summed E-state index contributed by atoms with van der Waals surface area (Å²) in [6, 6.07) is 45.4. The molecule has 272 valence electrons. The summed E-state index contributed by atoms with van der Waals surface area (Å²) in [6.45, 7) is 1.96. The summed E-state index contributed by atoms with van der Waals surface area (Å²) in [5.41, 5.74) is 11.6. The third-order valence-corrected chi connectivity index (χ3v) is 9.63. The fourth-order valence-corrected chi connectivity index (χ4v) is 6.67. The third-order valence-electron chi connectivity index (χ3n) is 9.63. The zero-order valence-electron chi connectivity index (χ0n) is 31.0. The molecule has 9 aromatic rings. The molecule has 9 rings (SSSR count). The quantitative estimate of drug-likeness (QED) is 0.135. The second kappa shape index (κ2) is 17.0. The molecule has 0 bridgehead atoms. The second-order valence-electron chi connectivity index (χ2n) is 13.5. The van der Waals surface area contributed by atoms with E-state index in [0.29, 0.717) is 5.71 Å². The monoisotopic (exact) mass is 896 g/mol. The largest absolute Gasteiger partial charge is 3.00 e. The van der Waals surface area contributed by atoms with Crippen molar-refractivity contribution in [3.05, 3.63) is 180 Å². The summed E-state index contributed by atoms with van der Waals surface area (Å²) in [6.07, 6.45) is 13.5. The number of imidazole rings is 2. The van der Waals surface area contributed by atoms with Crippen LogP contribution in [-0.4, -0.2) is 29.1 Å². The van der Waals surface area contributed by atoms with Crippen LogP contribution >= 0.6 is 0 Å². The Balaban J connectivity index is 0.000000188. The maximum Gasteiger partial charge on any atom is 3.00 e. The minimum absolute atomic E-state index is 0. The van der Waals surface area contributed by atoms with Crippen molar-refractivity contribution in [1.29, 1.82) is 0 Å². The standard InChI is InChI=1S/C31H27N3.C16H12N3O.Ir/c1-34-21-20-32-31(34)29-17-14-24(15-18-29)10-11-25-6-5-7-26(22-25)12-13-27-16-19-30(33-23-27)28-8-3-2-4-9-28;1-10-6-7-12-11-4-3-5-13(14(11)20-16(12)18-10)15-17-8-9-19(15)2;/h2-8,14-17,19-23H,10-13H2,1H3;3-4,6-9H,1-2H3;/q-2;-1;+3. The van der Waals surface area contributed by atoms with Gasteiger partial charge in [0.25, 0.3) is 0 Å². The van der Waals surface area contributed by atoms with Crippen molar-refractivity contribution in [2.75, 3.05) is 0 Å². The molecule has 0 saturated carbocycles. The van der Waals surface area contributed by atoms with E-state index in [-0.39, 0.29) is 20.1 Å². The van der Waals surface area contributed by atoms with E-state index < -0.39 is 0 Å². The molecule has 5 aromatic heterocycles. The molecular formula is C47H39IrN6O. The molecule has 0 spiro atoms. The van der Waals surface area contributed by atoms with Crippen LogP contribution in [0.4, 0.5) is 0 Å². The summed E-state index contributed by atoms with van der Waals surface area (Å²) in [7, 11) is 3.96. The van der Waals surface area contributed by atoms with E-state index in [9.17, 15) is 0 Å². The second-order valence-corrected chi connectivity index (χ2v) is 13.5. The number of hydrogen-bond donors (Lipinski definition) is 0. The first-order valence-corrected chi connectivity index (χ1v) is 18.1. The van der Waals surface area contributed by atoms with E-state index in [1.165, 1.54) is 22.3 Å². The summed E-state index contributed by atoms with van der Waals surface area (Å²) < 4.78 is 9.92. The molecule has 0 amide bonds. The molecule has 0 saturated heterocycles. The third kappa shape index (κ3) is 8.57. The number of aryl methyl sites for hydroxylation is 7.